The van der Waals surface area contributed by atoms with Crippen molar-refractivity contribution in [1.82, 2.24) is 4.31 Å². The van der Waals surface area contributed by atoms with E-state index in [1.807, 2.05) is 25.1 Å². The summed E-state index contributed by atoms with van der Waals surface area (Å²) < 4.78 is 26.8. The molecule has 0 amide bonds. The van der Waals surface area contributed by atoms with E-state index in [0.717, 1.165) is 12.0 Å². The van der Waals surface area contributed by atoms with E-state index in [4.69, 9.17) is 0 Å². The van der Waals surface area contributed by atoms with Crippen LogP contribution in [0.4, 0.5) is 0 Å². The standard InChI is InChI=1S/C16H21NO2S/c1-5-6-16-13(3)11-17(14(16)4)20(18,19)15-9-7-12(2)8-10-15/h5,7-10,13,16H,1,4,6,11H2,2-3H3/t13?,16-/m1/s1. The first-order valence-electron chi connectivity index (χ1n) is 6.77. The van der Waals surface area contributed by atoms with Crippen molar-refractivity contribution >= 4 is 10.0 Å². The fourth-order valence-corrected chi connectivity index (χ4v) is 4.27. The second-order valence-electron chi connectivity index (χ2n) is 5.45. The van der Waals surface area contributed by atoms with Gasteiger partial charge in [0, 0.05) is 18.2 Å². The fraction of sp³-hybridized carbons (Fsp3) is 0.375. The minimum Gasteiger partial charge on any atom is -0.270 e. The van der Waals surface area contributed by atoms with E-state index in [-0.39, 0.29) is 11.8 Å². The summed E-state index contributed by atoms with van der Waals surface area (Å²) in [6.07, 6.45) is 2.59. The summed E-state index contributed by atoms with van der Waals surface area (Å²) in [6, 6.07) is 6.94. The number of aryl methyl sites for hydroxylation is 1. The number of sulfonamides is 1. The first kappa shape index (κ1) is 14.9. The maximum atomic E-state index is 12.7. The van der Waals surface area contributed by atoms with Gasteiger partial charge in [0.2, 0.25) is 0 Å². The summed E-state index contributed by atoms with van der Waals surface area (Å²) in [6.45, 7) is 12.2. The molecule has 1 unspecified atom stereocenters. The van der Waals surface area contributed by atoms with E-state index in [9.17, 15) is 8.42 Å². The summed E-state index contributed by atoms with van der Waals surface area (Å²) in [5.74, 6) is 0.424. The molecule has 0 bridgehead atoms. The second kappa shape index (κ2) is 5.44. The van der Waals surface area contributed by atoms with E-state index in [1.165, 1.54) is 4.31 Å². The molecular formula is C16H21NO2S. The predicted octanol–water partition coefficient (Wildman–Crippen LogP) is 3.34. The van der Waals surface area contributed by atoms with Crippen LogP contribution in [-0.2, 0) is 10.0 Å². The van der Waals surface area contributed by atoms with Crippen LogP contribution in [-0.4, -0.2) is 19.3 Å². The van der Waals surface area contributed by atoms with Gasteiger partial charge in [-0.1, -0.05) is 37.3 Å². The molecule has 0 aromatic heterocycles. The van der Waals surface area contributed by atoms with Crippen molar-refractivity contribution < 1.29 is 8.42 Å². The van der Waals surface area contributed by atoms with E-state index in [2.05, 4.69) is 20.1 Å². The molecular weight excluding hydrogens is 270 g/mol. The van der Waals surface area contributed by atoms with Crippen LogP contribution in [0.5, 0.6) is 0 Å². The van der Waals surface area contributed by atoms with Gasteiger partial charge in [-0.05, 0) is 31.4 Å². The summed E-state index contributed by atoms with van der Waals surface area (Å²) in [5, 5.41) is 0. The predicted molar refractivity (Wildman–Crippen MR) is 81.7 cm³/mol. The average molecular weight is 291 g/mol. The average Bonchev–Trinajstić information content (AvgIpc) is 2.68. The Morgan fingerprint density at radius 2 is 1.95 bits per heavy atom. The highest BCUT2D eigenvalue weighted by atomic mass is 32.2. The number of benzene rings is 1. The van der Waals surface area contributed by atoms with Gasteiger partial charge in [-0.3, -0.25) is 4.31 Å². The van der Waals surface area contributed by atoms with Gasteiger partial charge < -0.3 is 0 Å². The molecule has 0 saturated carbocycles. The van der Waals surface area contributed by atoms with E-state index in [0.29, 0.717) is 17.1 Å². The molecule has 2 atom stereocenters. The molecule has 0 radical (unpaired) electrons. The monoisotopic (exact) mass is 291 g/mol. The fourth-order valence-electron chi connectivity index (χ4n) is 2.66. The largest absolute Gasteiger partial charge is 0.270 e. The number of hydrogen-bond acceptors (Lipinski definition) is 2. The minimum atomic E-state index is -3.49. The van der Waals surface area contributed by atoms with Gasteiger partial charge in [-0.2, -0.15) is 0 Å². The lowest BCUT2D eigenvalue weighted by Gasteiger charge is -2.21. The Labute approximate surface area is 121 Å². The molecule has 1 aliphatic heterocycles. The lowest BCUT2D eigenvalue weighted by atomic mass is 9.93. The van der Waals surface area contributed by atoms with Crippen LogP contribution in [0.1, 0.15) is 18.9 Å². The van der Waals surface area contributed by atoms with Crippen LogP contribution in [0.3, 0.4) is 0 Å². The number of allylic oxidation sites excluding steroid dienone is 2. The molecule has 1 saturated heterocycles. The van der Waals surface area contributed by atoms with Gasteiger partial charge in [0.1, 0.15) is 0 Å². The molecule has 20 heavy (non-hydrogen) atoms. The molecule has 1 heterocycles. The number of rotatable bonds is 4. The first-order chi connectivity index (χ1) is 9.37. The summed E-state index contributed by atoms with van der Waals surface area (Å²) in [7, 11) is -3.49. The molecule has 1 fully saturated rings. The molecule has 1 aromatic carbocycles. The Balaban J connectivity index is 2.33. The summed E-state index contributed by atoms with van der Waals surface area (Å²) in [5.41, 5.74) is 1.72. The lowest BCUT2D eigenvalue weighted by molar-refractivity contribution is 0.467. The maximum absolute atomic E-state index is 12.7. The maximum Gasteiger partial charge on any atom is 0.264 e. The Morgan fingerprint density at radius 1 is 1.35 bits per heavy atom. The van der Waals surface area contributed by atoms with Gasteiger partial charge in [-0.15, -0.1) is 6.58 Å². The third-order valence-electron chi connectivity index (χ3n) is 3.92. The smallest absolute Gasteiger partial charge is 0.264 e. The Morgan fingerprint density at radius 3 is 2.50 bits per heavy atom. The zero-order valence-electron chi connectivity index (χ0n) is 12.0. The topological polar surface area (TPSA) is 37.4 Å². The number of hydrogen-bond donors (Lipinski definition) is 0. The highest BCUT2D eigenvalue weighted by molar-refractivity contribution is 7.89. The van der Waals surface area contributed by atoms with Crippen LogP contribution >= 0.6 is 0 Å². The SMILES string of the molecule is C=CC[C@H]1C(=C)N(S(=O)(=O)c2ccc(C)cc2)CC1C. The Bertz CT molecular complexity index is 616. The highest BCUT2D eigenvalue weighted by Crippen LogP contribution is 2.38. The molecule has 108 valence electrons. The zero-order chi connectivity index (χ0) is 14.9. The van der Waals surface area contributed by atoms with E-state index in [1.54, 1.807) is 12.1 Å². The normalized spacial score (nSPS) is 23.1. The van der Waals surface area contributed by atoms with Crippen LogP contribution in [0.25, 0.3) is 0 Å². The summed E-state index contributed by atoms with van der Waals surface area (Å²) >= 11 is 0. The molecule has 1 aliphatic rings. The van der Waals surface area contributed by atoms with Gasteiger partial charge in [0.25, 0.3) is 10.0 Å². The molecule has 0 N–H and O–H groups in total. The second-order valence-corrected chi connectivity index (χ2v) is 7.31. The molecule has 4 heteroatoms. The molecule has 2 rings (SSSR count). The molecule has 0 aliphatic carbocycles. The third kappa shape index (κ3) is 2.52. The van der Waals surface area contributed by atoms with Gasteiger partial charge in [0.15, 0.2) is 0 Å². The number of nitrogens with zero attached hydrogens (tertiary/aromatic N) is 1. The zero-order valence-corrected chi connectivity index (χ0v) is 12.9. The first-order valence-corrected chi connectivity index (χ1v) is 8.21. The molecule has 1 aromatic rings. The van der Waals surface area contributed by atoms with Crippen LogP contribution in [0, 0.1) is 18.8 Å². The van der Waals surface area contributed by atoms with Gasteiger partial charge in [0.05, 0.1) is 4.90 Å². The van der Waals surface area contributed by atoms with Crippen molar-refractivity contribution in [3.63, 3.8) is 0 Å². The molecule has 3 nitrogen and oxygen atoms in total. The van der Waals surface area contributed by atoms with Crippen LogP contribution in [0.15, 0.2) is 54.1 Å². The Kier molecular flexibility index (Phi) is 4.04. The van der Waals surface area contributed by atoms with Crippen molar-refractivity contribution in [2.45, 2.75) is 25.2 Å². The van der Waals surface area contributed by atoms with Crippen molar-refractivity contribution in [2.75, 3.05) is 6.54 Å². The highest BCUT2D eigenvalue weighted by Gasteiger charge is 2.38. The van der Waals surface area contributed by atoms with Crippen LogP contribution < -0.4 is 0 Å². The molecule has 0 spiro atoms. The summed E-state index contributed by atoms with van der Waals surface area (Å²) in [4.78, 5) is 0.329. The van der Waals surface area contributed by atoms with Crippen molar-refractivity contribution in [1.29, 1.82) is 0 Å². The van der Waals surface area contributed by atoms with E-state index < -0.39 is 10.0 Å². The lowest BCUT2D eigenvalue weighted by Crippen LogP contribution is -2.27. The van der Waals surface area contributed by atoms with Crippen molar-refractivity contribution in [2.24, 2.45) is 11.8 Å². The van der Waals surface area contributed by atoms with E-state index >= 15 is 0 Å². The van der Waals surface area contributed by atoms with Crippen LogP contribution in [0.2, 0.25) is 0 Å². The quantitative estimate of drug-likeness (QED) is 0.798. The Hall–Kier alpha value is -1.55. The van der Waals surface area contributed by atoms with Crippen molar-refractivity contribution in [3.8, 4) is 0 Å². The van der Waals surface area contributed by atoms with Gasteiger partial charge in [-0.25, -0.2) is 8.42 Å². The van der Waals surface area contributed by atoms with Crippen molar-refractivity contribution in [3.05, 3.63) is 54.8 Å². The minimum absolute atomic E-state index is 0.160. The van der Waals surface area contributed by atoms with Gasteiger partial charge >= 0.3 is 0 Å². The third-order valence-corrected chi connectivity index (χ3v) is 5.75.